The molecule has 1 aromatic carbocycles. The first-order valence-electron chi connectivity index (χ1n) is 6.67. The Kier molecular flexibility index (Phi) is 3.96. The number of aromatic nitrogens is 2. The number of halogens is 2. The lowest BCUT2D eigenvalue weighted by atomic mass is 10.2. The average molecular weight is 336 g/mol. The molecule has 0 bridgehead atoms. The molecule has 104 valence electrons. The summed E-state index contributed by atoms with van der Waals surface area (Å²) in [6.45, 7) is 1.66. The van der Waals surface area contributed by atoms with Gasteiger partial charge < -0.3 is 4.90 Å². The van der Waals surface area contributed by atoms with Crippen molar-refractivity contribution in [3.63, 3.8) is 0 Å². The van der Waals surface area contributed by atoms with E-state index in [4.69, 9.17) is 0 Å². The predicted molar refractivity (Wildman–Crippen MR) is 79.9 cm³/mol. The van der Waals surface area contributed by atoms with Crippen LogP contribution in [0.4, 0.5) is 10.3 Å². The minimum absolute atomic E-state index is 0.206. The highest BCUT2D eigenvalue weighted by atomic mass is 79.9. The molecule has 1 aliphatic carbocycles. The molecule has 0 spiro atoms. The van der Waals surface area contributed by atoms with Crippen LogP contribution < -0.4 is 4.90 Å². The van der Waals surface area contributed by atoms with E-state index >= 15 is 0 Å². The second-order valence-corrected chi connectivity index (χ2v) is 6.07. The predicted octanol–water partition coefficient (Wildman–Crippen LogP) is 3.79. The molecule has 0 unspecified atom stereocenters. The Hall–Kier alpha value is -1.49. The van der Waals surface area contributed by atoms with Crippen LogP contribution in [-0.4, -0.2) is 16.5 Å². The van der Waals surface area contributed by atoms with Gasteiger partial charge in [-0.15, -0.1) is 0 Å². The largest absolute Gasteiger partial charge is 0.336 e. The molecule has 1 aromatic heterocycles. The van der Waals surface area contributed by atoms with Crippen LogP contribution in [0.5, 0.6) is 0 Å². The highest BCUT2D eigenvalue weighted by Crippen LogP contribution is 2.31. The van der Waals surface area contributed by atoms with Gasteiger partial charge in [-0.1, -0.05) is 12.1 Å². The van der Waals surface area contributed by atoms with E-state index in [0.717, 1.165) is 28.4 Å². The van der Waals surface area contributed by atoms with Gasteiger partial charge in [-0.2, -0.15) is 0 Å². The molecule has 2 aromatic rings. The van der Waals surface area contributed by atoms with E-state index in [0.29, 0.717) is 6.54 Å². The van der Waals surface area contributed by atoms with E-state index in [1.807, 2.05) is 12.1 Å². The van der Waals surface area contributed by atoms with Crippen LogP contribution in [-0.2, 0) is 6.54 Å². The van der Waals surface area contributed by atoms with Crippen LogP contribution >= 0.6 is 15.9 Å². The molecule has 1 heterocycles. The SMILES string of the molecule is Fc1ccc(CN(CC2CC2)c2ncc(Br)cn2)cc1. The van der Waals surface area contributed by atoms with Crippen molar-refractivity contribution in [2.45, 2.75) is 19.4 Å². The molecule has 0 amide bonds. The molecule has 5 heteroatoms. The van der Waals surface area contributed by atoms with Gasteiger partial charge in [0.05, 0.1) is 4.47 Å². The zero-order valence-electron chi connectivity index (χ0n) is 11.0. The van der Waals surface area contributed by atoms with Crippen LogP contribution in [0.2, 0.25) is 0 Å². The summed E-state index contributed by atoms with van der Waals surface area (Å²) >= 11 is 3.35. The Balaban J connectivity index is 1.78. The molecule has 3 nitrogen and oxygen atoms in total. The summed E-state index contributed by atoms with van der Waals surface area (Å²) in [5, 5.41) is 0. The number of rotatable bonds is 5. The van der Waals surface area contributed by atoms with Gasteiger partial charge in [0, 0.05) is 25.5 Å². The standard InChI is InChI=1S/C15H15BrFN3/c16-13-7-18-15(19-8-13)20(9-11-1-2-11)10-12-3-5-14(17)6-4-12/h3-8,11H,1-2,9-10H2. The second kappa shape index (κ2) is 5.87. The van der Waals surface area contributed by atoms with E-state index in [-0.39, 0.29) is 5.82 Å². The van der Waals surface area contributed by atoms with Crippen molar-refractivity contribution < 1.29 is 4.39 Å². The lowest BCUT2D eigenvalue weighted by Crippen LogP contribution is -2.27. The maximum Gasteiger partial charge on any atom is 0.225 e. The van der Waals surface area contributed by atoms with Crippen molar-refractivity contribution in [3.05, 3.63) is 52.5 Å². The van der Waals surface area contributed by atoms with Crippen LogP contribution in [0, 0.1) is 11.7 Å². The fraction of sp³-hybridized carbons (Fsp3) is 0.333. The molecule has 0 atom stereocenters. The third-order valence-corrected chi connectivity index (χ3v) is 3.76. The van der Waals surface area contributed by atoms with Gasteiger partial charge >= 0.3 is 0 Å². The fourth-order valence-corrected chi connectivity index (χ4v) is 2.31. The number of benzene rings is 1. The first kappa shape index (κ1) is 13.5. The lowest BCUT2D eigenvalue weighted by molar-refractivity contribution is 0.626. The quantitative estimate of drug-likeness (QED) is 0.832. The van der Waals surface area contributed by atoms with Crippen molar-refractivity contribution in [2.24, 2.45) is 5.92 Å². The van der Waals surface area contributed by atoms with Crippen molar-refractivity contribution in [1.29, 1.82) is 0 Å². The molecule has 0 radical (unpaired) electrons. The molecular weight excluding hydrogens is 321 g/mol. The monoisotopic (exact) mass is 335 g/mol. The maximum atomic E-state index is 13.0. The van der Waals surface area contributed by atoms with Gasteiger partial charge in [0.15, 0.2) is 0 Å². The van der Waals surface area contributed by atoms with Gasteiger partial charge in [-0.3, -0.25) is 0 Å². The Bertz CT molecular complexity index is 567. The topological polar surface area (TPSA) is 29.0 Å². The summed E-state index contributed by atoms with van der Waals surface area (Å²) in [5.74, 6) is 1.26. The van der Waals surface area contributed by atoms with Crippen LogP contribution in [0.25, 0.3) is 0 Å². The van der Waals surface area contributed by atoms with E-state index in [1.54, 1.807) is 12.4 Å². The van der Waals surface area contributed by atoms with Crippen molar-refractivity contribution in [2.75, 3.05) is 11.4 Å². The molecule has 0 N–H and O–H groups in total. The Labute approximate surface area is 126 Å². The van der Waals surface area contributed by atoms with E-state index in [1.165, 1.54) is 25.0 Å². The van der Waals surface area contributed by atoms with E-state index in [2.05, 4.69) is 30.8 Å². The van der Waals surface area contributed by atoms with Gasteiger partial charge in [-0.05, 0) is 52.4 Å². The van der Waals surface area contributed by atoms with Crippen molar-refractivity contribution in [1.82, 2.24) is 9.97 Å². The van der Waals surface area contributed by atoms with E-state index < -0.39 is 0 Å². The fourth-order valence-electron chi connectivity index (χ4n) is 2.11. The Morgan fingerprint density at radius 1 is 1.15 bits per heavy atom. The smallest absolute Gasteiger partial charge is 0.225 e. The van der Waals surface area contributed by atoms with Gasteiger partial charge in [0.25, 0.3) is 0 Å². The number of hydrogen-bond donors (Lipinski definition) is 0. The molecule has 1 fully saturated rings. The second-order valence-electron chi connectivity index (χ2n) is 5.15. The number of nitrogens with zero attached hydrogens (tertiary/aromatic N) is 3. The maximum absolute atomic E-state index is 13.0. The lowest BCUT2D eigenvalue weighted by Gasteiger charge is -2.22. The highest BCUT2D eigenvalue weighted by Gasteiger charge is 2.25. The van der Waals surface area contributed by atoms with Gasteiger partial charge in [-0.25, -0.2) is 14.4 Å². The average Bonchev–Trinajstić information content (AvgIpc) is 3.25. The highest BCUT2D eigenvalue weighted by molar-refractivity contribution is 9.10. The van der Waals surface area contributed by atoms with Crippen LogP contribution in [0.15, 0.2) is 41.1 Å². The molecule has 1 aliphatic rings. The van der Waals surface area contributed by atoms with Crippen molar-refractivity contribution >= 4 is 21.9 Å². The van der Waals surface area contributed by atoms with E-state index in [9.17, 15) is 4.39 Å². The first-order chi connectivity index (χ1) is 9.70. The zero-order valence-corrected chi connectivity index (χ0v) is 12.6. The Morgan fingerprint density at radius 3 is 2.40 bits per heavy atom. The number of hydrogen-bond acceptors (Lipinski definition) is 3. The zero-order chi connectivity index (χ0) is 13.9. The summed E-state index contributed by atoms with van der Waals surface area (Å²) < 4.78 is 13.8. The van der Waals surface area contributed by atoms with Gasteiger partial charge in [0.2, 0.25) is 5.95 Å². The van der Waals surface area contributed by atoms with Crippen LogP contribution in [0.1, 0.15) is 18.4 Å². The molecular formula is C15H15BrFN3. The summed E-state index contributed by atoms with van der Waals surface area (Å²) in [6, 6.07) is 6.61. The molecule has 20 heavy (non-hydrogen) atoms. The van der Waals surface area contributed by atoms with Gasteiger partial charge in [0.1, 0.15) is 5.82 Å². The minimum Gasteiger partial charge on any atom is -0.336 e. The summed E-state index contributed by atoms with van der Waals surface area (Å²) in [4.78, 5) is 10.9. The third-order valence-electron chi connectivity index (χ3n) is 3.35. The number of anilines is 1. The molecule has 1 saturated carbocycles. The molecule has 3 rings (SSSR count). The summed E-state index contributed by atoms with van der Waals surface area (Å²) in [5.41, 5.74) is 1.07. The Morgan fingerprint density at radius 2 is 1.80 bits per heavy atom. The molecule has 0 saturated heterocycles. The van der Waals surface area contributed by atoms with Crippen molar-refractivity contribution in [3.8, 4) is 0 Å². The summed E-state index contributed by atoms with van der Waals surface area (Å²) in [7, 11) is 0. The molecule has 0 aliphatic heterocycles. The minimum atomic E-state index is -0.206. The summed E-state index contributed by atoms with van der Waals surface area (Å²) in [6.07, 6.45) is 6.06. The normalized spacial score (nSPS) is 14.3. The first-order valence-corrected chi connectivity index (χ1v) is 7.47. The third kappa shape index (κ3) is 3.54. The van der Waals surface area contributed by atoms with Crippen LogP contribution in [0.3, 0.4) is 0 Å².